The van der Waals surface area contributed by atoms with E-state index in [0.29, 0.717) is 0 Å². The molecule has 0 spiro atoms. The van der Waals surface area contributed by atoms with Crippen molar-refractivity contribution in [2.75, 3.05) is 0 Å². The van der Waals surface area contributed by atoms with Gasteiger partial charge in [-0.15, -0.1) is 0 Å². The van der Waals surface area contributed by atoms with E-state index < -0.39 is 31.4 Å². The maximum absolute atomic E-state index is 11.8. The lowest BCUT2D eigenvalue weighted by Crippen LogP contribution is -2.29. The van der Waals surface area contributed by atoms with Crippen LogP contribution < -0.4 is 0 Å². The molecule has 2 atom stereocenters. The Morgan fingerprint density at radius 1 is 0.917 bits per heavy atom. The van der Waals surface area contributed by atoms with Crippen molar-refractivity contribution in [3.63, 3.8) is 0 Å². The Bertz CT molecular complexity index is 128. The molecule has 0 aliphatic rings. The molecule has 0 saturated heterocycles. The van der Waals surface area contributed by atoms with Gasteiger partial charge in [0, 0.05) is 6.42 Å². The molecule has 0 radical (unpaired) electrons. The first-order chi connectivity index (χ1) is 5.25. The molecule has 7 heteroatoms. The Labute approximate surface area is 63.4 Å². The SMILES string of the molecule is FC(F)C(F)CC(F)C(F)(F)F. The minimum Gasteiger partial charge on any atom is -0.241 e. The van der Waals surface area contributed by atoms with Gasteiger partial charge in [-0.2, -0.15) is 13.2 Å². The van der Waals surface area contributed by atoms with Gasteiger partial charge >= 0.3 is 6.18 Å². The van der Waals surface area contributed by atoms with Crippen molar-refractivity contribution in [3.8, 4) is 0 Å². The summed E-state index contributed by atoms with van der Waals surface area (Å²) >= 11 is 0. The van der Waals surface area contributed by atoms with Crippen molar-refractivity contribution >= 4 is 0 Å². The quantitative estimate of drug-likeness (QED) is 0.611. The second kappa shape index (κ2) is 3.95. The summed E-state index contributed by atoms with van der Waals surface area (Å²) in [5.41, 5.74) is 0. The molecule has 2 unspecified atom stereocenters. The topological polar surface area (TPSA) is 0 Å². The van der Waals surface area contributed by atoms with Gasteiger partial charge in [0.1, 0.15) is 0 Å². The van der Waals surface area contributed by atoms with Crippen LogP contribution in [0.5, 0.6) is 0 Å². The maximum atomic E-state index is 11.8. The molecule has 0 amide bonds. The first-order valence-corrected chi connectivity index (χ1v) is 2.88. The van der Waals surface area contributed by atoms with Crippen molar-refractivity contribution in [1.29, 1.82) is 0 Å². The number of halogens is 7. The van der Waals surface area contributed by atoms with E-state index in [4.69, 9.17) is 0 Å². The van der Waals surface area contributed by atoms with Gasteiger partial charge in [0.15, 0.2) is 12.3 Å². The Balaban J connectivity index is 3.93. The Morgan fingerprint density at radius 3 is 1.58 bits per heavy atom. The highest BCUT2D eigenvalue weighted by Crippen LogP contribution is 2.28. The van der Waals surface area contributed by atoms with Gasteiger partial charge in [0.25, 0.3) is 6.43 Å². The number of hydrogen-bond acceptors (Lipinski definition) is 0. The first kappa shape index (κ1) is 11.5. The summed E-state index contributed by atoms with van der Waals surface area (Å²) in [6.07, 6.45) is -17.3. The van der Waals surface area contributed by atoms with E-state index in [1.54, 1.807) is 0 Å². The molecule has 0 aromatic heterocycles. The Morgan fingerprint density at radius 2 is 1.33 bits per heavy atom. The molecular formula is C5H5F7. The Hall–Kier alpha value is -0.490. The smallest absolute Gasteiger partial charge is 0.241 e. The molecule has 0 saturated carbocycles. The van der Waals surface area contributed by atoms with Crippen molar-refractivity contribution in [2.24, 2.45) is 0 Å². The van der Waals surface area contributed by atoms with Crippen molar-refractivity contribution < 1.29 is 30.7 Å². The van der Waals surface area contributed by atoms with E-state index in [0.717, 1.165) is 0 Å². The van der Waals surface area contributed by atoms with Gasteiger partial charge in [0.05, 0.1) is 0 Å². The van der Waals surface area contributed by atoms with Crippen molar-refractivity contribution in [3.05, 3.63) is 0 Å². The summed E-state index contributed by atoms with van der Waals surface area (Å²) in [6, 6.07) is 0. The molecule has 0 aliphatic carbocycles. The van der Waals surface area contributed by atoms with Crippen LogP contribution in [0.1, 0.15) is 6.42 Å². The molecule has 0 aromatic rings. The van der Waals surface area contributed by atoms with Crippen LogP contribution >= 0.6 is 0 Å². The van der Waals surface area contributed by atoms with E-state index in [9.17, 15) is 30.7 Å². The summed E-state index contributed by atoms with van der Waals surface area (Å²) in [6.45, 7) is 0. The summed E-state index contributed by atoms with van der Waals surface area (Å²) < 4.78 is 80.0. The van der Waals surface area contributed by atoms with E-state index in [-0.39, 0.29) is 0 Å². The zero-order valence-corrected chi connectivity index (χ0v) is 5.58. The van der Waals surface area contributed by atoms with E-state index in [1.807, 2.05) is 0 Å². The molecule has 0 bridgehead atoms. The van der Waals surface area contributed by atoms with Crippen LogP contribution in [0.15, 0.2) is 0 Å². The van der Waals surface area contributed by atoms with Crippen LogP contribution in [-0.4, -0.2) is 24.9 Å². The summed E-state index contributed by atoms with van der Waals surface area (Å²) in [5, 5.41) is 0. The minimum absolute atomic E-state index is 1.85. The predicted molar refractivity (Wildman–Crippen MR) is 26.5 cm³/mol. The summed E-state index contributed by atoms with van der Waals surface area (Å²) in [7, 11) is 0. The average Bonchev–Trinajstić information content (AvgIpc) is 1.85. The lowest BCUT2D eigenvalue weighted by atomic mass is 10.2. The summed E-state index contributed by atoms with van der Waals surface area (Å²) in [5.74, 6) is 0. The van der Waals surface area contributed by atoms with Crippen LogP contribution in [0, 0.1) is 0 Å². The van der Waals surface area contributed by atoms with E-state index >= 15 is 0 Å². The average molecular weight is 198 g/mol. The fourth-order valence-electron chi connectivity index (χ4n) is 0.434. The lowest BCUT2D eigenvalue weighted by Gasteiger charge is -2.13. The van der Waals surface area contributed by atoms with Gasteiger partial charge in [-0.1, -0.05) is 0 Å². The van der Waals surface area contributed by atoms with Crippen LogP contribution in [0.25, 0.3) is 0 Å². The second-order valence-electron chi connectivity index (χ2n) is 2.10. The zero-order valence-electron chi connectivity index (χ0n) is 5.58. The first-order valence-electron chi connectivity index (χ1n) is 2.88. The molecule has 0 aliphatic heterocycles. The van der Waals surface area contributed by atoms with E-state index in [1.165, 1.54) is 0 Å². The maximum Gasteiger partial charge on any atom is 0.419 e. The van der Waals surface area contributed by atoms with Crippen LogP contribution in [0.3, 0.4) is 0 Å². The molecule has 0 nitrogen and oxygen atoms in total. The van der Waals surface area contributed by atoms with Gasteiger partial charge in [-0.05, 0) is 0 Å². The fourth-order valence-corrected chi connectivity index (χ4v) is 0.434. The standard InChI is InChI=1S/C5H5F7/c6-2(4(8)9)1-3(7)5(10,11)12/h2-4H,1H2. The third-order valence-electron chi connectivity index (χ3n) is 1.06. The lowest BCUT2D eigenvalue weighted by molar-refractivity contribution is -0.188. The van der Waals surface area contributed by atoms with E-state index in [2.05, 4.69) is 0 Å². The van der Waals surface area contributed by atoms with Crippen LogP contribution in [0.4, 0.5) is 30.7 Å². The molecule has 0 heterocycles. The van der Waals surface area contributed by atoms with Crippen molar-refractivity contribution in [1.82, 2.24) is 0 Å². The normalized spacial score (nSPS) is 18.0. The molecule has 0 fully saturated rings. The molecule has 12 heavy (non-hydrogen) atoms. The highest BCUT2D eigenvalue weighted by Gasteiger charge is 2.42. The van der Waals surface area contributed by atoms with Gasteiger partial charge < -0.3 is 0 Å². The van der Waals surface area contributed by atoms with Crippen molar-refractivity contribution in [2.45, 2.75) is 31.4 Å². The van der Waals surface area contributed by atoms with Crippen LogP contribution in [-0.2, 0) is 0 Å². The predicted octanol–water partition coefficient (Wildman–Crippen LogP) is 2.88. The third-order valence-corrected chi connectivity index (χ3v) is 1.06. The van der Waals surface area contributed by atoms with Crippen LogP contribution in [0.2, 0.25) is 0 Å². The second-order valence-corrected chi connectivity index (χ2v) is 2.10. The molecule has 0 N–H and O–H groups in total. The molecule has 0 rings (SSSR count). The van der Waals surface area contributed by atoms with Gasteiger partial charge in [0.2, 0.25) is 0 Å². The largest absolute Gasteiger partial charge is 0.419 e. The third kappa shape index (κ3) is 3.77. The molecule has 74 valence electrons. The fraction of sp³-hybridized carbons (Fsp3) is 1.00. The number of hydrogen-bond donors (Lipinski definition) is 0. The number of alkyl halides is 7. The highest BCUT2D eigenvalue weighted by molar-refractivity contribution is 4.72. The highest BCUT2D eigenvalue weighted by atomic mass is 19.4. The number of rotatable bonds is 3. The monoisotopic (exact) mass is 198 g/mol. The minimum atomic E-state index is -5.26. The molecule has 0 aromatic carbocycles. The Kier molecular flexibility index (Phi) is 3.79. The zero-order chi connectivity index (χ0) is 9.94. The molecular weight excluding hydrogens is 193 g/mol. The summed E-state index contributed by atoms with van der Waals surface area (Å²) in [4.78, 5) is 0. The van der Waals surface area contributed by atoms with Gasteiger partial charge in [-0.25, -0.2) is 17.6 Å². The van der Waals surface area contributed by atoms with Gasteiger partial charge in [-0.3, -0.25) is 0 Å².